The van der Waals surface area contributed by atoms with Crippen LogP contribution < -0.4 is 15.5 Å². The zero-order valence-corrected chi connectivity index (χ0v) is 17.6. The lowest BCUT2D eigenvalue weighted by Crippen LogP contribution is -3.14. The molecule has 6 heteroatoms. The van der Waals surface area contributed by atoms with E-state index in [1.807, 2.05) is 38.2 Å². The van der Waals surface area contributed by atoms with Crippen molar-refractivity contribution in [1.29, 1.82) is 0 Å². The summed E-state index contributed by atoms with van der Waals surface area (Å²) in [6.07, 6.45) is 0.998. The maximum atomic E-state index is 12.7. The molecule has 2 rings (SSSR count). The molecule has 0 aromatic heterocycles. The minimum atomic E-state index is -0.374. The number of benzene rings is 2. The fourth-order valence-corrected chi connectivity index (χ4v) is 3.00. The van der Waals surface area contributed by atoms with Gasteiger partial charge in [0, 0.05) is 16.4 Å². The molecule has 28 heavy (non-hydrogen) atoms. The molecule has 5 nitrogen and oxygen atoms in total. The van der Waals surface area contributed by atoms with Gasteiger partial charge in [-0.15, -0.1) is 0 Å². The van der Waals surface area contributed by atoms with E-state index < -0.39 is 0 Å². The summed E-state index contributed by atoms with van der Waals surface area (Å²) in [5.41, 5.74) is 2.65. The third kappa shape index (κ3) is 6.08. The van der Waals surface area contributed by atoms with Crippen molar-refractivity contribution in [2.45, 2.75) is 39.2 Å². The molecule has 3 atom stereocenters. The van der Waals surface area contributed by atoms with Gasteiger partial charge in [-0.25, -0.2) is 0 Å². The van der Waals surface area contributed by atoms with Crippen LogP contribution in [0.15, 0.2) is 48.5 Å². The molecule has 0 bridgehead atoms. The third-order valence-corrected chi connectivity index (χ3v) is 5.31. The molecule has 0 spiro atoms. The van der Waals surface area contributed by atoms with E-state index in [2.05, 4.69) is 24.5 Å². The third-order valence-electron chi connectivity index (χ3n) is 5.06. The van der Waals surface area contributed by atoms with Gasteiger partial charge >= 0.3 is 0 Å². The van der Waals surface area contributed by atoms with E-state index in [1.54, 1.807) is 24.3 Å². The maximum Gasteiger partial charge on any atom is 0.282 e. The molecule has 1 unspecified atom stereocenters. The monoisotopic (exact) mass is 402 g/mol. The number of para-hydroxylation sites is 1. The number of amides is 2. The lowest BCUT2D eigenvalue weighted by atomic mass is 9.97. The van der Waals surface area contributed by atoms with Gasteiger partial charge in [-0.3, -0.25) is 9.59 Å². The van der Waals surface area contributed by atoms with Crippen LogP contribution in [-0.2, 0) is 9.59 Å². The number of anilines is 2. The highest BCUT2D eigenvalue weighted by atomic mass is 35.5. The zero-order valence-electron chi connectivity index (χ0n) is 16.9. The molecule has 150 valence electrons. The predicted octanol–water partition coefficient (Wildman–Crippen LogP) is 3.33. The molecule has 0 radical (unpaired) electrons. The molecule has 2 amide bonds. The average Bonchev–Trinajstić information content (AvgIpc) is 2.68. The van der Waals surface area contributed by atoms with Gasteiger partial charge in [0.2, 0.25) is 0 Å². The van der Waals surface area contributed by atoms with E-state index in [0.717, 1.165) is 22.6 Å². The fraction of sp³-hybridized carbons (Fsp3) is 0.364. The summed E-state index contributed by atoms with van der Waals surface area (Å²) in [6, 6.07) is 14.4. The number of hydrogen-bond acceptors (Lipinski definition) is 2. The molecule has 0 saturated carbocycles. The minimum Gasteiger partial charge on any atom is -0.321 e. The van der Waals surface area contributed by atoms with Gasteiger partial charge in [-0.05, 0) is 55.2 Å². The van der Waals surface area contributed by atoms with Crippen LogP contribution in [0.1, 0.15) is 38.7 Å². The highest BCUT2D eigenvalue weighted by Gasteiger charge is 2.25. The number of likely N-dealkylation sites (N-methyl/N-ethyl adjacent to an activating group) is 1. The van der Waals surface area contributed by atoms with Gasteiger partial charge < -0.3 is 15.5 Å². The molecular weight excluding hydrogens is 374 g/mol. The van der Waals surface area contributed by atoms with E-state index in [4.69, 9.17) is 11.6 Å². The molecular formula is C22H29ClN3O2+. The Balaban J connectivity index is 1.95. The highest BCUT2D eigenvalue weighted by Crippen LogP contribution is 2.26. The van der Waals surface area contributed by atoms with Crippen LogP contribution in [0, 0.1) is 0 Å². The molecule has 3 N–H and O–H groups in total. The summed E-state index contributed by atoms with van der Waals surface area (Å²) in [6.45, 7) is 6.28. The van der Waals surface area contributed by atoms with E-state index in [0.29, 0.717) is 16.6 Å². The van der Waals surface area contributed by atoms with Crippen LogP contribution in [0.25, 0.3) is 0 Å². The van der Waals surface area contributed by atoms with E-state index in [1.165, 1.54) is 0 Å². The molecule has 0 aliphatic heterocycles. The van der Waals surface area contributed by atoms with Crippen molar-refractivity contribution in [3.8, 4) is 0 Å². The molecule has 0 saturated heterocycles. The van der Waals surface area contributed by atoms with Gasteiger partial charge in [0.15, 0.2) is 12.6 Å². The molecule has 0 aliphatic rings. The number of halogens is 1. The number of nitrogens with one attached hydrogen (secondary N) is 3. The van der Waals surface area contributed by atoms with Crippen molar-refractivity contribution < 1.29 is 14.5 Å². The highest BCUT2D eigenvalue weighted by molar-refractivity contribution is 6.30. The zero-order chi connectivity index (χ0) is 20.7. The second-order valence-corrected chi connectivity index (χ2v) is 7.62. The van der Waals surface area contributed by atoms with E-state index in [-0.39, 0.29) is 24.4 Å². The van der Waals surface area contributed by atoms with Crippen molar-refractivity contribution >= 4 is 34.8 Å². The van der Waals surface area contributed by atoms with Gasteiger partial charge in [-0.2, -0.15) is 0 Å². The van der Waals surface area contributed by atoms with Crippen LogP contribution in [0.5, 0.6) is 0 Å². The average molecular weight is 403 g/mol. The molecule has 0 fully saturated rings. The maximum absolute atomic E-state index is 12.7. The van der Waals surface area contributed by atoms with Crippen LogP contribution >= 0.6 is 11.6 Å². The van der Waals surface area contributed by atoms with Crippen molar-refractivity contribution in [3.05, 3.63) is 59.1 Å². The topological polar surface area (TPSA) is 62.6 Å². The second-order valence-electron chi connectivity index (χ2n) is 7.19. The van der Waals surface area contributed by atoms with Crippen LogP contribution in [0.3, 0.4) is 0 Å². The summed E-state index contributed by atoms with van der Waals surface area (Å²) < 4.78 is 0. The first-order valence-electron chi connectivity index (χ1n) is 9.59. The SMILES string of the molecule is CC[C@@H](C)c1ccccc1NC(=O)[C@@H](C)[NH+](C)CC(=O)Nc1ccc(Cl)cc1. The Labute approximate surface area is 172 Å². The van der Waals surface area contributed by atoms with Crippen LogP contribution in [0.4, 0.5) is 11.4 Å². The van der Waals surface area contributed by atoms with E-state index >= 15 is 0 Å². The number of hydrogen-bond donors (Lipinski definition) is 3. The fourth-order valence-electron chi connectivity index (χ4n) is 2.87. The number of rotatable bonds is 8. The van der Waals surface area contributed by atoms with Gasteiger partial charge in [-0.1, -0.05) is 43.6 Å². The predicted molar refractivity (Wildman–Crippen MR) is 115 cm³/mol. The first-order chi connectivity index (χ1) is 13.3. The Morgan fingerprint density at radius 2 is 1.68 bits per heavy atom. The Bertz CT molecular complexity index is 808. The Kier molecular flexibility index (Phi) is 8.03. The standard InChI is InChI=1S/C22H28ClN3O2/c1-5-15(2)19-8-6-7-9-20(19)25-22(28)16(3)26(4)14-21(27)24-18-12-10-17(23)11-13-18/h6-13,15-16H,5,14H2,1-4H3,(H,24,27)(H,25,28)/p+1/t15-,16-/m1/s1. The van der Waals surface area contributed by atoms with Crippen molar-refractivity contribution in [2.75, 3.05) is 24.2 Å². The minimum absolute atomic E-state index is 0.104. The van der Waals surface area contributed by atoms with Gasteiger partial charge in [0.05, 0.1) is 7.05 Å². The van der Waals surface area contributed by atoms with Crippen molar-refractivity contribution in [2.24, 2.45) is 0 Å². The number of carbonyl (C=O) groups is 2. The summed E-state index contributed by atoms with van der Waals surface area (Å²) in [7, 11) is 1.84. The smallest absolute Gasteiger partial charge is 0.282 e. The molecule has 0 heterocycles. The summed E-state index contributed by atoms with van der Waals surface area (Å²) in [5, 5.41) is 6.47. The summed E-state index contributed by atoms with van der Waals surface area (Å²) >= 11 is 5.85. The Morgan fingerprint density at radius 1 is 1.04 bits per heavy atom. The molecule has 0 aliphatic carbocycles. The Hall–Kier alpha value is -2.37. The normalized spacial score (nSPS) is 14.0. The lowest BCUT2D eigenvalue weighted by Gasteiger charge is -2.22. The largest absolute Gasteiger partial charge is 0.321 e. The quantitative estimate of drug-likeness (QED) is 0.634. The number of carbonyl (C=O) groups excluding carboxylic acids is 2. The van der Waals surface area contributed by atoms with Crippen molar-refractivity contribution in [1.82, 2.24) is 0 Å². The first-order valence-corrected chi connectivity index (χ1v) is 9.97. The van der Waals surface area contributed by atoms with Gasteiger partial charge in [0.25, 0.3) is 11.8 Å². The first kappa shape index (κ1) is 21.9. The molecule has 2 aromatic rings. The van der Waals surface area contributed by atoms with Crippen LogP contribution in [0.2, 0.25) is 5.02 Å². The lowest BCUT2D eigenvalue weighted by molar-refractivity contribution is -0.885. The Morgan fingerprint density at radius 3 is 2.32 bits per heavy atom. The molecule has 2 aromatic carbocycles. The van der Waals surface area contributed by atoms with Crippen LogP contribution in [-0.4, -0.2) is 31.4 Å². The summed E-state index contributed by atoms with van der Waals surface area (Å²) in [4.78, 5) is 25.8. The van der Waals surface area contributed by atoms with Crippen molar-refractivity contribution in [3.63, 3.8) is 0 Å². The summed E-state index contributed by atoms with van der Waals surface area (Å²) in [5.74, 6) is 0.106. The second kappa shape index (κ2) is 10.2. The van der Waals surface area contributed by atoms with E-state index in [9.17, 15) is 9.59 Å². The van der Waals surface area contributed by atoms with Gasteiger partial charge in [0.1, 0.15) is 0 Å². The number of quaternary nitrogens is 1.